The molecule has 0 fully saturated rings. The molecule has 0 heterocycles. The number of carboxylic acid groups (broad SMARTS) is 1. The minimum Gasteiger partial charge on any atom is -0.492 e. The third-order valence-corrected chi connectivity index (χ3v) is 2.06. The van der Waals surface area contributed by atoms with Gasteiger partial charge in [-0.2, -0.15) is 0 Å². The number of halogens is 2. The van der Waals surface area contributed by atoms with Gasteiger partial charge in [-0.05, 0) is 17.7 Å². The Hall–Kier alpha value is -1.33. The van der Waals surface area contributed by atoms with Crippen LogP contribution in [0.4, 0.5) is 4.39 Å². The number of aliphatic hydroxyl groups is 1. The largest absolute Gasteiger partial charge is 0.492 e. The molecule has 1 aromatic rings. The van der Waals surface area contributed by atoms with E-state index in [0.717, 1.165) is 12.1 Å². The summed E-state index contributed by atoms with van der Waals surface area (Å²) >= 11 is 5.61. The lowest BCUT2D eigenvalue weighted by molar-refractivity contribution is -0.146. The first-order valence-electron chi connectivity index (χ1n) is 3.91. The van der Waals surface area contributed by atoms with Gasteiger partial charge in [0.2, 0.25) is 0 Å². The highest BCUT2D eigenvalue weighted by Gasteiger charge is 2.19. The van der Waals surface area contributed by atoms with Crippen molar-refractivity contribution in [3.63, 3.8) is 0 Å². The van der Waals surface area contributed by atoms with Crippen LogP contribution in [0.5, 0.6) is 5.75 Å². The molecule has 15 heavy (non-hydrogen) atoms. The van der Waals surface area contributed by atoms with Crippen molar-refractivity contribution in [2.24, 2.45) is 0 Å². The van der Waals surface area contributed by atoms with Crippen LogP contribution in [0.15, 0.2) is 12.1 Å². The zero-order valence-corrected chi connectivity index (χ0v) is 8.45. The lowest BCUT2D eigenvalue weighted by atomic mass is 10.1. The molecule has 4 nitrogen and oxygen atoms in total. The highest BCUT2D eigenvalue weighted by Crippen LogP contribution is 2.31. The average Bonchev–Trinajstić information content (AvgIpc) is 2.15. The SMILES string of the molecule is COc1c(F)cc(C(O)C(=O)O)cc1Cl. The molecule has 0 aliphatic rings. The molecule has 0 radical (unpaired) electrons. The third-order valence-electron chi connectivity index (χ3n) is 1.77. The van der Waals surface area contributed by atoms with Gasteiger partial charge in [0.05, 0.1) is 12.1 Å². The zero-order valence-electron chi connectivity index (χ0n) is 7.70. The maximum atomic E-state index is 13.2. The smallest absolute Gasteiger partial charge is 0.337 e. The van der Waals surface area contributed by atoms with Crippen LogP contribution in [0.3, 0.4) is 0 Å². The van der Waals surface area contributed by atoms with Crippen LogP contribution >= 0.6 is 11.6 Å². The van der Waals surface area contributed by atoms with Crippen LogP contribution in [0.25, 0.3) is 0 Å². The number of hydrogen-bond donors (Lipinski definition) is 2. The van der Waals surface area contributed by atoms with E-state index in [2.05, 4.69) is 4.74 Å². The second-order valence-corrected chi connectivity index (χ2v) is 3.17. The molecule has 82 valence electrons. The molecule has 0 aliphatic heterocycles. The molecule has 0 amide bonds. The second-order valence-electron chi connectivity index (χ2n) is 2.76. The van der Waals surface area contributed by atoms with Crippen molar-refractivity contribution in [1.29, 1.82) is 0 Å². The summed E-state index contributed by atoms with van der Waals surface area (Å²) in [6.45, 7) is 0. The van der Waals surface area contributed by atoms with Gasteiger partial charge in [-0.15, -0.1) is 0 Å². The summed E-state index contributed by atoms with van der Waals surface area (Å²) in [7, 11) is 1.23. The monoisotopic (exact) mass is 234 g/mol. The average molecular weight is 235 g/mol. The van der Waals surface area contributed by atoms with Crippen molar-refractivity contribution in [3.05, 3.63) is 28.5 Å². The summed E-state index contributed by atoms with van der Waals surface area (Å²) < 4.78 is 17.9. The fourth-order valence-electron chi connectivity index (χ4n) is 1.07. The van der Waals surface area contributed by atoms with E-state index in [1.165, 1.54) is 7.11 Å². The molecule has 0 saturated carbocycles. The molecule has 0 saturated heterocycles. The predicted molar refractivity (Wildman–Crippen MR) is 50.6 cm³/mol. The molecule has 1 aromatic carbocycles. The molecular weight excluding hydrogens is 227 g/mol. The molecule has 1 unspecified atom stereocenters. The highest BCUT2D eigenvalue weighted by molar-refractivity contribution is 6.32. The molecule has 0 aromatic heterocycles. The second kappa shape index (κ2) is 4.46. The number of rotatable bonds is 3. The summed E-state index contributed by atoms with van der Waals surface area (Å²) in [5.74, 6) is -2.48. The summed E-state index contributed by atoms with van der Waals surface area (Å²) in [4.78, 5) is 10.4. The molecule has 1 atom stereocenters. The van der Waals surface area contributed by atoms with Gasteiger partial charge < -0.3 is 14.9 Å². The Morgan fingerprint density at radius 3 is 2.60 bits per heavy atom. The van der Waals surface area contributed by atoms with Crippen LogP contribution < -0.4 is 4.74 Å². The lowest BCUT2D eigenvalue weighted by Gasteiger charge is -2.09. The quantitative estimate of drug-likeness (QED) is 0.834. The van der Waals surface area contributed by atoms with Crippen molar-refractivity contribution in [1.82, 2.24) is 0 Å². The first-order chi connectivity index (χ1) is 6.97. The number of carbonyl (C=O) groups is 1. The molecule has 0 spiro atoms. The fraction of sp³-hybridized carbons (Fsp3) is 0.222. The summed E-state index contributed by atoms with van der Waals surface area (Å²) in [6, 6.07) is 2.01. The number of ether oxygens (including phenoxy) is 1. The van der Waals surface area contributed by atoms with Gasteiger partial charge in [0, 0.05) is 0 Å². The summed E-state index contributed by atoms with van der Waals surface area (Å²) in [6.07, 6.45) is -1.80. The van der Waals surface area contributed by atoms with Gasteiger partial charge in [-0.1, -0.05) is 11.6 Å². The zero-order chi connectivity index (χ0) is 11.6. The molecular formula is C9H8ClFO4. The van der Waals surface area contributed by atoms with Gasteiger partial charge >= 0.3 is 5.97 Å². The van der Waals surface area contributed by atoms with Gasteiger partial charge in [-0.3, -0.25) is 0 Å². The Morgan fingerprint density at radius 2 is 2.20 bits per heavy atom. The van der Waals surface area contributed by atoms with E-state index in [1.54, 1.807) is 0 Å². The Kier molecular flexibility index (Phi) is 3.49. The number of methoxy groups -OCH3 is 1. The molecule has 6 heteroatoms. The minimum absolute atomic E-state index is 0.0900. The molecule has 0 bridgehead atoms. The standard InChI is InChI=1S/C9H8ClFO4/c1-15-8-5(10)2-4(3-6(8)11)7(12)9(13)14/h2-3,7,12H,1H3,(H,13,14). The van der Waals surface area contributed by atoms with E-state index in [4.69, 9.17) is 21.8 Å². The van der Waals surface area contributed by atoms with Crippen molar-refractivity contribution < 1.29 is 24.1 Å². The van der Waals surface area contributed by atoms with Gasteiger partial charge in [0.15, 0.2) is 17.7 Å². The van der Waals surface area contributed by atoms with Gasteiger partial charge in [-0.25, -0.2) is 9.18 Å². The van der Waals surface area contributed by atoms with Gasteiger partial charge in [0.1, 0.15) is 0 Å². The number of carboxylic acids is 1. The maximum absolute atomic E-state index is 13.2. The van der Waals surface area contributed by atoms with E-state index in [1.807, 2.05) is 0 Å². The number of aliphatic carboxylic acids is 1. The Labute approximate surface area is 89.9 Å². The van der Waals surface area contributed by atoms with Crippen LogP contribution in [0.2, 0.25) is 5.02 Å². The van der Waals surface area contributed by atoms with E-state index in [-0.39, 0.29) is 16.3 Å². The Balaban J connectivity index is 3.19. The summed E-state index contributed by atoms with van der Waals surface area (Å²) in [5, 5.41) is 17.6. The van der Waals surface area contributed by atoms with Crippen molar-refractivity contribution >= 4 is 17.6 Å². The Morgan fingerprint density at radius 1 is 1.60 bits per heavy atom. The molecule has 1 rings (SSSR count). The van der Waals surface area contributed by atoms with Crippen molar-refractivity contribution in [3.8, 4) is 5.75 Å². The topological polar surface area (TPSA) is 66.8 Å². The highest BCUT2D eigenvalue weighted by atomic mass is 35.5. The summed E-state index contributed by atoms with van der Waals surface area (Å²) in [5.41, 5.74) is -0.134. The van der Waals surface area contributed by atoms with Crippen molar-refractivity contribution in [2.75, 3.05) is 7.11 Å². The van der Waals surface area contributed by atoms with E-state index in [9.17, 15) is 9.18 Å². The van der Waals surface area contributed by atoms with Gasteiger partial charge in [0.25, 0.3) is 0 Å². The normalized spacial score (nSPS) is 12.3. The van der Waals surface area contributed by atoms with E-state index in [0.29, 0.717) is 0 Å². The number of benzene rings is 1. The first-order valence-corrected chi connectivity index (χ1v) is 4.29. The van der Waals surface area contributed by atoms with Crippen LogP contribution in [-0.2, 0) is 4.79 Å². The number of hydrogen-bond acceptors (Lipinski definition) is 3. The molecule has 0 aliphatic carbocycles. The van der Waals surface area contributed by atoms with E-state index < -0.39 is 17.9 Å². The van der Waals surface area contributed by atoms with Crippen LogP contribution in [0.1, 0.15) is 11.7 Å². The third kappa shape index (κ3) is 2.37. The minimum atomic E-state index is -1.80. The predicted octanol–water partition coefficient (Wildman–Crippen LogP) is 1.61. The Bertz CT molecular complexity index is 371. The fourth-order valence-corrected chi connectivity index (χ4v) is 1.37. The maximum Gasteiger partial charge on any atom is 0.337 e. The van der Waals surface area contributed by atoms with Crippen molar-refractivity contribution in [2.45, 2.75) is 6.10 Å². The number of aliphatic hydroxyl groups excluding tert-OH is 1. The molecule has 2 N–H and O–H groups in total. The van der Waals surface area contributed by atoms with Crippen LogP contribution in [-0.4, -0.2) is 23.3 Å². The lowest BCUT2D eigenvalue weighted by Crippen LogP contribution is -2.10. The first kappa shape index (κ1) is 11.7. The van der Waals surface area contributed by atoms with Crippen LogP contribution in [0, 0.1) is 5.82 Å². The van der Waals surface area contributed by atoms with E-state index >= 15 is 0 Å².